The second-order valence-corrected chi connectivity index (χ2v) is 8.77. The normalized spacial score (nSPS) is 21.5. The molecule has 0 radical (unpaired) electrons. The van der Waals surface area contributed by atoms with Crippen molar-refractivity contribution in [1.82, 2.24) is 19.8 Å². The van der Waals surface area contributed by atoms with Gasteiger partial charge in [-0.1, -0.05) is 31.0 Å². The minimum atomic E-state index is 0.0157. The Morgan fingerprint density at radius 3 is 2.58 bits per heavy atom. The molecule has 0 spiro atoms. The van der Waals surface area contributed by atoms with E-state index < -0.39 is 0 Å². The predicted octanol–water partition coefficient (Wildman–Crippen LogP) is 5.18. The first-order valence-corrected chi connectivity index (χ1v) is 11.4. The number of benzene rings is 1. The van der Waals surface area contributed by atoms with Crippen LogP contribution in [0.2, 0.25) is 0 Å². The number of rotatable bonds is 6. The van der Waals surface area contributed by atoms with Crippen molar-refractivity contribution in [1.29, 1.82) is 0 Å². The number of aromatic nitrogens is 2. The first kappa shape index (κ1) is 20.1. The van der Waals surface area contributed by atoms with Crippen LogP contribution in [-0.4, -0.2) is 26.7 Å². The van der Waals surface area contributed by atoms with Gasteiger partial charge in [0.25, 0.3) is 0 Å². The monoisotopic (exact) mass is 432 g/mol. The van der Waals surface area contributed by atoms with Crippen molar-refractivity contribution in [3.8, 4) is 5.75 Å². The van der Waals surface area contributed by atoms with Gasteiger partial charge in [-0.05, 0) is 67.0 Å². The molecule has 2 aliphatic rings. The number of hydrogen-bond donors (Lipinski definition) is 1. The average Bonchev–Trinajstić information content (AvgIpc) is 3.55. The summed E-state index contributed by atoms with van der Waals surface area (Å²) < 4.78 is 7.81. The van der Waals surface area contributed by atoms with Gasteiger partial charge in [-0.3, -0.25) is 4.98 Å². The Morgan fingerprint density at radius 1 is 1.06 bits per heavy atom. The number of pyridine rings is 1. The molecular formula is C25H28N4OS. The third kappa shape index (κ3) is 3.92. The van der Waals surface area contributed by atoms with Crippen LogP contribution in [0, 0.1) is 0 Å². The molecule has 2 aromatic heterocycles. The van der Waals surface area contributed by atoms with Crippen LogP contribution < -0.4 is 10.1 Å². The Balaban J connectivity index is 1.52. The Kier molecular flexibility index (Phi) is 5.64. The maximum absolute atomic E-state index is 5.85. The van der Waals surface area contributed by atoms with Crippen molar-refractivity contribution < 1.29 is 4.74 Å². The van der Waals surface area contributed by atoms with E-state index in [0.717, 1.165) is 23.1 Å². The molecule has 160 valence electrons. The van der Waals surface area contributed by atoms with Crippen molar-refractivity contribution in [2.75, 3.05) is 7.11 Å². The van der Waals surface area contributed by atoms with E-state index in [1.807, 2.05) is 30.5 Å². The molecule has 0 bridgehead atoms. The summed E-state index contributed by atoms with van der Waals surface area (Å²) >= 11 is 5.85. The minimum absolute atomic E-state index is 0.0157. The summed E-state index contributed by atoms with van der Waals surface area (Å²) in [5, 5.41) is 4.35. The van der Waals surface area contributed by atoms with Crippen LogP contribution in [0.4, 0.5) is 0 Å². The van der Waals surface area contributed by atoms with E-state index in [4.69, 9.17) is 17.0 Å². The lowest BCUT2D eigenvalue weighted by molar-refractivity contribution is 0.290. The van der Waals surface area contributed by atoms with Gasteiger partial charge in [0.1, 0.15) is 5.75 Å². The summed E-state index contributed by atoms with van der Waals surface area (Å²) in [6.07, 6.45) is 9.22. The lowest BCUT2D eigenvalue weighted by atomic mass is 10.00. The van der Waals surface area contributed by atoms with E-state index in [9.17, 15) is 0 Å². The van der Waals surface area contributed by atoms with E-state index in [1.165, 1.54) is 36.9 Å². The fourth-order valence-electron chi connectivity index (χ4n) is 5.00. The van der Waals surface area contributed by atoms with E-state index in [2.05, 4.69) is 56.3 Å². The lowest BCUT2D eigenvalue weighted by Crippen LogP contribution is -2.30. The summed E-state index contributed by atoms with van der Waals surface area (Å²) in [6, 6.07) is 19.5. The van der Waals surface area contributed by atoms with E-state index >= 15 is 0 Å². The molecule has 2 fully saturated rings. The van der Waals surface area contributed by atoms with Crippen molar-refractivity contribution >= 4 is 17.3 Å². The molecule has 5 nitrogen and oxygen atoms in total. The first-order valence-electron chi connectivity index (χ1n) is 11.0. The minimum Gasteiger partial charge on any atom is -0.497 e. The molecule has 6 heteroatoms. The second-order valence-electron chi connectivity index (χ2n) is 8.38. The summed E-state index contributed by atoms with van der Waals surface area (Å²) in [6.45, 7) is 0.736. The van der Waals surface area contributed by atoms with Crippen LogP contribution in [0.15, 0.2) is 67.0 Å². The molecule has 1 saturated heterocycles. The fourth-order valence-corrected chi connectivity index (χ4v) is 5.30. The van der Waals surface area contributed by atoms with E-state index in [-0.39, 0.29) is 12.1 Å². The highest BCUT2D eigenvalue weighted by atomic mass is 32.1. The quantitative estimate of drug-likeness (QED) is 0.544. The van der Waals surface area contributed by atoms with Crippen LogP contribution in [-0.2, 0) is 6.54 Å². The molecule has 31 heavy (non-hydrogen) atoms. The first-order chi connectivity index (χ1) is 15.2. The lowest BCUT2D eigenvalue weighted by Gasteiger charge is -2.30. The molecule has 3 heterocycles. The van der Waals surface area contributed by atoms with Gasteiger partial charge in [-0.15, -0.1) is 0 Å². The second kappa shape index (κ2) is 8.71. The number of ether oxygens (including phenoxy) is 1. The Labute approximate surface area is 189 Å². The predicted molar refractivity (Wildman–Crippen MR) is 126 cm³/mol. The molecule has 0 unspecified atom stereocenters. The van der Waals surface area contributed by atoms with Crippen LogP contribution in [0.5, 0.6) is 5.75 Å². The highest BCUT2D eigenvalue weighted by Gasteiger charge is 2.41. The fraction of sp³-hybridized carbons (Fsp3) is 0.360. The van der Waals surface area contributed by atoms with Crippen LogP contribution in [0.1, 0.15) is 60.8 Å². The summed E-state index contributed by atoms with van der Waals surface area (Å²) in [7, 11) is 1.69. The third-order valence-corrected chi connectivity index (χ3v) is 6.90. The maximum atomic E-state index is 5.85. The maximum Gasteiger partial charge on any atom is 0.170 e. The van der Waals surface area contributed by atoms with Crippen LogP contribution >= 0.6 is 12.2 Å². The van der Waals surface area contributed by atoms with Gasteiger partial charge in [0.2, 0.25) is 0 Å². The highest BCUT2D eigenvalue weighted by Crippen LogP contribution is 2.42. The summed E-state index contributed by atoms with van der Waals surface area (Å²) in [4.78, 5) is 6.99. The zero-order valence-corrected chi connectivity index (χ0v) is 18.6. The van der Waals surface area contributed by atoms with Gasteiger partial charge in [-0.2, -0.15) is 0 Å². The number of methoxy groups -OCH3 is 1. The average molecular weight is 433 g/mol. The Bertz CT molecular complexity index is 1030. The molecule has 1 aliphatic heterocycles. The van der Waals surface area contributed by atoms with Gasteiger partial charge in [0.15, 0.2) is 5.11 Å². The number of hydrogen-bond acceptors (Lipinski definition) is 3. The van der Waals surface area contributed by atoms with Crippen molar-refractivity contribution in [3.63, 3.8) is 0 Å². The van der Waals surface area contributed by atoms with E-state index in [1.54, 1.807) is 7.11 Å². The van der Waals surface area contributed by atoms with Gasteiger partial charge < -0.3 is 19.5 Å². The van der Waals surface area contributed by atoms with Crippen LogP contribution in [0.25, 0.3) is 0 Å². The Hall–Kier alpha value is -2.86. The number of nitrogens with one attached hydrogen (secondary N) is 1. The molecule has 2 atom stereocenters. The standard InChI is InChI=1S/C25H28N4OS/c1-30-20-13-11-18(12-14-20)17-29-24(22-10-6-16-28(22)19-7-2-3-8-19)23(27-25(29)31)21-9-4-5-15-26-21/h4-6,9-16,19,23-24H,2-3,7-8,17H2,1H3,(H,27,31)/t23-,24+/m1/s1. The topological polar surface area (TPSA) is 42.3 Å². The molecule has 1 aromatic carbocycles. The van der Waals surface area contributed by atoms with Gasteiger partial charge in [0, 0.05) is 30.7 Å². The van der Waals surface area contributed by atoms with Gasteiger partial charge in [-0.25, -0.2) is 0 Å². The van der Waals surface area contributed by atoms with Crippen LogP contribution in [0.3, 0.4) is 0 Å². The smallest absolute Gasteiger partial charge is 0.170 e. The highest BCUT2D eigenvalue weighted by molar-refractivity contribution is 7.80. The van der Waals surface area contributed by atoms with Crippen molar-refractivity contribution in [2.24, 2.45) is 0 Å². The van der Waals surface area contributed by atoms with Crippen molar-refractivity contribution in [3.05, 3.63) is 83.9 Å². The molecule has 1 N–H and O–H groups in total. The molecular weight excluding hydrogens is 404 g/mol. The van der Waals surface area contributed by atoms with Gasteiger partial charge >= 0.3 is 0 Å². The number of thiocarbonyl (C=S) groups is 1. The zero-order chi connectivity index (χ0) is 21.2. The zero-order valence-electron chi connectivity index (χ0n) is 17.8. The molecule has 1 aliphatic carbocycles. The van der Waals surface area contributed by atoms with Crippen molar-refractivity contribution in [2.45, 2.75) is 50.4 Å². The summed E-state index contributed by atoms with van der Waals surface area (Å²) in [5.41, 5.74) is 3.53. The number of nitrogens with zero attached hydrogens (tertiary/aromatic N) is 3. The molecule has 3 aromatic rings. The SMILES string of the molecule is COc1ccc(CN2C(=S)N[C@H](c3ccccn3)[C@@H]2c2cccn2C2CCCC2)cc1. The molecule has 0 amide bonds. The van der Waals surface area contributed by atoms with E-state index in [0.29, 0.717) is 6.04 Å². The largest absolute Gasteiger partial charge is 0.497 e. The third-order valence-electron chi connectivity index (χ3n) is 6.54. The van der Waals surface area contributed by atoms with Gasteiger partial charge in [0.05, 0.1) is 24.9 Å². The molecule has 5 rings (SSSR count). The summed E-state index contributed by atoms with van der Waals surface area (Å²) in [5.74, 6) is 0.865. The molecule has 1 saturated carbocycles. The Morgan fingerprint density at radius 2 is 1.87 bits per heavy atom.